The van der Waals surface area contributed by atoms with Crippen LogP contribution in [-0.4, -0.2) is 69.0 Å². The Balaban J connectivity index is 1.49. The second kappa shape index (κ2) is 11.4. The number of rotatable bonds is 10. The standard InChI is InChI=1S/C23H29N5O4S/c1-3-31-11-8-24-15-17-14-16(6-7-25-17)22(29)27-23-26-20-19(30-2)5-4-18(21(20)33-23)28-9-12-32-13-10-28/h4-7,14,24H,3,8-13,15H2,1-2H3,(H,26,27,29). The summed E-state index contributed by atoms with van der Waals surface area (Å²) in [7, 11) is 1.63. The first kappa shape index (κ1) is 23.4. The summed E-state index contributed by atoms with van der Waals surface area (Å²) < 4.78 is 17.3. The number of amides is 1. The molecule has 0 bridgehead atoms. The van der Waals surface area contributed by atoms with Crippen LogP contribution < -0.4 is 20.3 Å². The Labute approximate surface area is 197 Å². The second-order valence-electron chi connectivity index (χ2n) is 7.45. The van der Waals surface area contributed by atoms with Gasteiger partial charge in [0, 0.05) is 44.5 Å². The number of carbonyl (C=O) groups excluding carboxylic acids is 1. The van der Waals surface area contributed by atoms with E-state index in [2.05, 4.69) is 25.5 Å². The van der Waals surface area contributed by atoms with Crippen LogP contribution in [0.15, 0.2) is 30.5 Å². The zero-order chi connectivity index (χ0) is 23.0. The molecule has 2 N–H and O–H groups in total. The number of nitrogens with one attached hydrogen (secondary N) is 2. The highest BCUT2D eigenvalue weighted by molar-refractivity contribution is 7.23. The molecule has 1 saturated heterocycles. The number of ether oxygens (including phenoxy) is 3. The second-order valence-corrected chi connectivity index (χ2v) is 8.45. The predicted octanol–water partition coefficient (Wildman–Crippen LogP) is 2.91. The molecule has 0 spiro atoms. The number of hydrogen-bond acceptors (Lipinski definition) is 9. The molecule has 2 aromatic heterocycles. The van der Waals surface area contributed by atoms with Gasteiger partial charge in [0.05, 0.1) is 43.0 Å². The van der Waals surface area contributed by atoms with Gasteiger partial charge in [-0.05, 0) is 31.2 Å². The van der Waals surface area contributed by atoms with Crippen LogP contribution in [0, 0.1) is 0 Å². The van der Waals surface area contributed by atoms with E-state index in [9.17, 15) is 4.79 Å². The van der Waals surface area contributed by atoms with E-state index in [4.69, 9.17) is 14.2 Å². The summed E-state index contributed by atoms with van der Waals surface area (Å²) >= 11 is 1.45. The van der Waals surface area contributed by atoms with E-state index in [1.54, 1.807) is 25.4 Å². The summed E-state index contributed by atoms with van der Waals surface area (Å²) in [6, 6.07) is 7.46. The topological polar surface area (TPSA) is 97.8 Å². The van der Waals surface area contributed by atoms with Gasteiger partial charge in [0.1, 0.15) is 11.3 Å². The molecule has 9 nitrogen and oxygen atoms in total. The molecule has 33 heavy (non-hydrogen) atoms. The van der Waals surface area contributed by atoms with Crippen LogP contribution in [0.3, 0.4) is 0 Å². The lowest BCUT2D eigenvalue weighted by molar-refractivity contribution is 0.102. The van der Waals surface area contributed by atoms with Crippen molar-refractivity contribution in [3.8, 4) is 5.75 Å². The Morgan fingerprint density at radius 1 is 1.27 bits per heavy atom. The molecule has 176 valence electrons. The maximum Gasteiger partial charge on any atom is 0.257 e. The van der Waals surface area contributed by atoms with E-state index in [0.29, 0.717) is 49.4 Å². The van der Waals surface area contributed by atoms with Crippen LogP contribution in [0.5, 0.6) is 5.75 Å². The Kier molecular flexibility index (Phi) is 8.05. The Bertz CT molecular complexity index is 1080. The molecule has 1 amide bonds. The van der Waals surface area contributed by atoms with E-state index < -0.39 is 0 Å². The van der Waals surface area contributed by atoms with Crippen LogP contribution in [0.4, 0.5) is 10.8 Å². The fraction of sp³-hybridized carbons (Fsp3) is 0.435. The van der Waals surface area contributed by atoms with Crippen LogP contribution in [0.1, 0.15) is 23.0 Å². The van der Waals surface area contributed by atoms with Crippen molar-refractivity contribution in [3.63, 3.8) is 0 Å². The fourth-order valence-electron chi connectivity index (χ4n) is 3.63. The first-order chi connectivity index (χ1) is 16.2. The number of anilines is 2. The quantitative estimate of drug-likeness (QED) is 0.436. The summed E-state index contributed by atoms with van der Waals surface area (Å²) in [5, 5.41) is 6.73. The SMILES string of the molecule is CCOCCNCc1cc(C(=O)Nc2nc3c(OC)ccc(N4CCOCC4)c3s2)ccn1. The number of benzene rings is 1. The number of methoxy groups -OCH3 is 1. The van der Waals surface area contributed by atoms with Gasteiger partial charge in [-0.1, -0.05) is 11.3 Å². The van der Waals surface area contributed by atoms with Crippen molar-refractivity contribution in [1.82, 2.24) is 15.3 Å². The summed E-state index contributed by atoms with van der Waals surface area (Å²) in [6.07, 6.45) is 1.65. The number of nitrogens with zero attached hydrogens (tertiary/aromatic N) is 3. The number of hydrogen-bond donors (Lipinski definition) is 2. The Morgan fingerprint density at radius 3 is 2.91 bits per heavy atom. The molecular weight excluding hydrogens is 442 g/mol. The van der Waals surface area contributed by atoms with Crippen LogP contribution in [-0.2, 0) is 16.0 Å². The minimum Gasteiger partial charge on any atom is -0.494 e. The molecule has 0 atom stereocenters. The van der Waals surface area contributed by atoms with Crippen molar-refractivity contribution in [1.29, 1.82) is 0 Å². The normalized spacial score (nSPS) is 13.9. The van der Waals surface area contributed by atoms with Gasteiger partial charge < -0.3 is 24.4 Å². The van der Waals surface area contributed by atoms with Gasteiger partial charge in [0.2, 0.25) is 0 Å². The average Bonchev–Trinajstić information content (AvgIpc) is 3.27. The molecule has 10 heteroatoms. The molecular formula is C23H29N5O4S. The van der Waals surface area contributed by atoms with Crippen molar-refractivity contribution in [2.45, 2.75) is 13.5 Å². The van der Waals surface area contributed by atoms with Gasteiger partial charge >= 0.3 is 0 Å². The molecule has 1 aliphatic rings. The van der Waals surface area contributed by atoms with Crippen LogP contribution in [0.25, 0.3) is 10.2 Å². The lowest BCUT2D eigenvalue weighted by Crippen LogP contribution is -2.36. The third-order valence-electron chi connectivity index (χ3n) is 5.29. The highest BCUT2D eigenvalue weighted by atomic mass is 32.1. The summed E-state index contributed by atoms with van der Waals surface area (Å²) in [6.45, 7) is 7.63. The molecule has 0 unspecified atom stereocenters. The van der Waals surface area contributed by atoms with E-state index in [1.807, 2.05) is 19.1 Å². The molecule has 4 rings (SSSR count). The largest absolute Gasteiger partial charge is 0.494 e. The monoisotopic (exact) mass is 471 g/mol. The molecule has 1 fully saturated rings. The van der Waals surface area contributed by atoms with Gasteiger partial charge in [-0.3, -0.25) is 15.1 Å². The highest BCUT2D eigenvalue weighted by Crippen LogP contribution is 2.39. The molecule has 0 radical (unpaired) electrons. The van der Waals surface area contributed by atoms with Crippen LogP contribution >= 0.6 is 11.3 Å². The Hall–Kier alpha value is -2.79. The first-order valence-electron chi connectivity index (χ1n) is 11.0. The predicted molar refractivity (Wildman–Crippen MR) is 130 cm³/mol. The fourth-order valence-corrected chi connectivity index (χ4v) is 4.65. The lowest BCUT2D eigenvalue weighted by atomic mass is 10.2. The zero-order valence-electron chi connectivity index (χ0n) is 18.9. The Morgan fingerprint density at radius 2 is 2.12 bits per heavy atom. The smallest absolute Gasteiger partial charge is 0.257 e. The maximum atomic E-state index is 12.9. The van der Waals surface area contributed by atoms with Crippen molar-refractivity contribution in [2.24, 2.45) is 0 Å². The summed E-state index contributed by atoms with van der Waals surface area (Å²) in [5.41, 5.74) is 3.15. The van der Waals surface area contributed by atoms with Crippen molar-refractivity contribution < 1.29 is 19.0 Å². The minimum atomic E-state index is -0.223. The van der Waals surface area contributed by atoms with Crippen molar-refractivity contribution >= 4 is 38.3 Å². The molecule has 0 saturated carbocycles. The highest BCUT2D eigenvalue weighted by Gasteiger charge is 2.20. The van der Waals surface area contributed by atoms with E-state index in [0.717, 1.165) is 41.2 Å². The number of aromatic nitrogens is 2. The zero-order valence-corrected chi connectivity index (χ0v) is 19.7. The first-order valence-corrected chi connectivity index (χ1v) is 11.9. The number of pyridine rings is 1. The van der Waals surface area contributed by atoms with E-state index >= 15 is 0 Å². The summed E-state index contributed by atoms with van der Waals surface area (Å²) in [5.74, 6) is 0.460. The minimum absolute atomic E-state index is 0.223. The van der Waals surface area contributed by atoms with Gasteiger partial charge in [0.25, 0.3) is 5.91 Å². The number of morpholine rings is 1. The molecule has 3 heterocycles. The van der Waals surface area contributed by atoms with E-state index in [1.165, 1.54) is 11.3 Å². The number of fused-ring (bicyclic) bond motifs is 1. The molecule has 1 aliphatic heterocycles. The van der Waals surface area contributed by atoms with Gasteiger partial charge in [0.15, 0.2) is 5.13 Å². The van der Waals surface area contributed by atoms with Gasteiger partial charge in [-0.2, -0.15) is 0 Å². The molecule has 3 aromatic rings. The number of carbonyl (C=O) groups is 1. The number of thiazole rings is 1. The maximum absolute atomic E-state index is 12.9. The van der Waals surface area contributed by atoms with Gasteiger partial charge in [-0.15, -0.1) is 0 Å². The average molecular weight is 472 g/mol. The summed E-state index contributed by atoms with van der Waals surface area (Å²) in [4.78, 5) is 24.2. The van der Waals surface area contributed by atoms with E-state index in [-0.39, 0.29) is 5.91 Å². The van der Waals surface area contributed by atoms with Crippen molar-refractivity contribution in [2.75, 3.05) is 63.4 Å². The van der Waals surface area contributed by atoms with Gasteiger partial charge in [-0.25, -0.2) is 4.98 Å². The van der Waals surface area contributed by atoms with Crippen LogP contribution in [0.2, 0.25) is 0 Å². The van der Waals surface area contributed by atoms with Crippen molar-refractivity contribution in [3.05, 3.63) is 41.7 Å². The molecule has 0 aliphatic carbocycles. The molecule has 1 aromatic carbocycles. The lowest BCUT2D eigenvalue weighted by Gasteiger charge is -2.29. The third kappa shape index (κ3) is 5.77. The third-order valence-corrected chi connectivity index (χ3v) is 6.28.